The molecule has 2 aromatic rings. The number of carbonyl (C=O) groups is 1. The second-order valence-electron chi connectivity index (χ2n) is 6.71. The number of amides is 1. The van der Waals surface area contributed by atoms with Gasteiger partial charge in [0.2, 0.25) is 5.91 Å². The van der Waals surface area contributed by atoms with Gasteiger partial charge < -0.3 is 15.3 Å². The molecule has 9 heteroatoms. The minimum Gasteiger partial charge on any atom is -0.352 e. The van der Waals surface area contributed by atoms with Crippen molar-refractivity contribution in [3.8, 4) is 0 Å². The first-order valence-corrected chi connectivity index (χ1v) is 7.27. The molecule has 2 rings (SSSR count). The standard InChI is InChI=1S/C15H18N4O5/c1-15(2,3)6-11(20)16-7-8-4-9(19(23)24)5-10-12(8)18-14(22)13(21)17-10/h4-5H,6-7H2,1-3H3,(H,16,20)(H,17,21)(H,18,22). The molecule has 9 nitrogen and oxygen atoms in total. The molecule has 128 valence electrons. The van der Waals surface area contributed by atoms with Gasteiger partial charge in [-0.15, -0.1) is 0 Å². The molecule has 24 heavy (non-hydrogen) atoms. The van der Waals surface area contributed by atoms with Crippen LogP contribution in [0.15, 0.2) is 21.7 Å². The molecule has 0 atom stereocenters. The summed E-state index contributed by atoms with van der Waals surface area (Å²) in [5.41, 5.74) is -1.48. The summed E-state index contributed by atoms with van der Waals surface area (Å²) in [6.45, 7) is 5.74. The molecular weight excluding hydrogens is 316 g/mol. The zero-order valence-electron chi connectivity index (χ0n) is 13.6. The third kappa shape index (κ3) is 4.06. The molecule has 3 N–H and O–H groups in total. The maximum atomic E-state index is 11.9. The van der Waals surface area contributed by atoms with E-state index in [1.54, 1.807) is 0 Å². The lowest BCUT2D eigenvalue weighted by Crippen LogP contribution is -2.30. The summed E-state index contributed by atoms with van der Waals surface area (Å²) in [5.74, 6) is -0.214. The van der Waals surface area contributed by atoms with Gasteiger partial charge in [-0.05, 0) is 5.41 Å². The Balaban J connectivity index is 2.42. The van der Waals surface area contributed by atoms with Crippen molar-refractivity contribution >= 4 is 22.6 Å². The molecule has 0 bridgehead atoms. The number of aromatic nitrogens is 2. The van der Waals surface area contributed by atoms with Crippen LogP contribution >= 0.6 is 0 Å². The topological polar surface area (TPSA) is 138 Å². The fraction of sp³-hybridized carbons (Fsp3) is 0.400. The van der Waals surface area contributed by atoms with Gasteiger partial charge in [-0.3, -0.25) is 24.5 Å². The number of nitro benzene ring substituents is 1. The summed E-state index contributed by atoms with van der Waals surface area (Å²) >= 11 is 0. The zero-order chi connectivity index (χ0) is 18.1. The van der Waals surface area contributed by atoms with Gasteiger partial charge in [0.15, 0.2) is 0 Å². The van der Waals surface area contributed by atoms with Crippen LogP contribution < -0.4 is 16.4 Å². The number of non-ortho nitro benzene ring substituents is 1. The Labute approximate surface area is 136 Å². The fourth-order valence-corrected chi connectivity index (χ4v) is 2.26. The molecule has 0 aliphatic carbocycles. The van der Waals surface area contributed by atoms with Gasteiger partial charge >= 0.3 is 11.1 Å². The van der Waals surface area contributed by atoms with Gasteiger partial charge in [-0.1, -0.05) is 20.8 Å². The van der Waals surface area contributed by atoms with Crippen LogP contribution in [0.3, 0.4) is 0 Å². The number of hydrogen-bond donors (Lipinski definition) is 3. The molecule has 1 amide bonds. The number of benzene rings is 1. The number of aromatic amines is 2. The van der Waals surface area contributed by atoms with Crippen LogP contribution in [0.1, 0.15) is 32.8 Å². The normalized spacial score (nSPS) is 11.5. The first-order chi connectivity index (χ1) is 11.1. The van der Waals surface area contributed by atoms with Gasteiger partial charge in [-0.2, -0.15) is 0 Å². The van der Waals surface area contributed by atoms with E-state index in [0.717, 1.165) is 6.07 Å². The Hall–Kier alpha value is -2.97. The van der Waals surface area contributed by atoms with E-state index in [9.17, 15) is 24.5 Å². The van der Waals surface area contributed by atoms with E-state index in [1.165, 1.54) is 6.07 Å². The molecule has 0 radical (unpaired) electrons. The second kappa shape index (κ2) is 6.26. The Morgan fingerprint density at radius 1 is 1.21 bits per heavy atom. The summed E-state index contributed by atoms with van der Waals surface area (Å²) in [6.07, 6.45) is 0.285. The summed E-state index contributed by atoms with van der Waals surface area (Å²) in [4.78, 5) is 50.0. The van der Waals surface area contributed by atoms with E-state index in [-0.39, 0.29) is 41.0 Å². The van der Waals surface area contributed by atoms with Crippen molar-refractivity contribution in [3.63, 3.8) is 0 Å². The maximum Gasteiger partial charge on any atom is 0.314 e. The SMILES string of the molecule is CC(C)(C)CC(=O)NCc1cc([N+](=O)[O-])cc2[nH]c(=O)c(=O)[nH]c12. The van der Waals surface area contributed by atoms with E-state index in [0.29, 0.717) is 5.56 Å². The van der Waals surface area contributed by atoms with Crippen LogP contribution in [-0.4, -0.2) is 20.8 Å². The van der Waals surface area contributed by atoms with Crippen molar-refractivity contribution in [3.05, 3.63) is 48.5 Å². The predicted octanol–water partition coefficient (Wildman–Crippen LogP) is 1.18. The van der Waals surface area contributed by atoms with Gasteiger partial charge in [0.05, 0.1) is 16.0 Å². The van der Waals surface area contributed by atoms with Gasteiger partial charge in [0.1, 0.15) is 0 Å². The minimum absolute atomic E-state index is 0.00488. The molecule has 0 spiro atoms. The molecule has 0 fully saturated rings. The third-order valence-corrected chi connectivity index (χ3v) is 3.28. The molecule has 0 aliphatic rings. The summed E-state index contributed by atoms with van der Waals surface area (Å²) < 4.78 is 0. The Morgan fingerprint density at radius 2 is 1.83 bits per heavy atom. The van der Waals surface area contributed by atoms with Crippen molar-refractivity contribution in [2.24, 2.45) is 5.41 Å². The van der Waals surface area contributed by atoms with E-state index < -0.39 is 16.0 Å². The van der Waals surface area contributed by atoms with Crippen molar-refractivity contribution in [2.45, 2.75) is 33.7 Å². The van der Waals surface area contributed by atoms with Crippen LogP contribution in [0.25, 0.3) is 11.0 Å². The fourth-order valence-electron chi connectivity index (χ4n) is 2.26. The average molecular weight is 334 g/mol. The first kappa shape index (κ1) is 17.4. The largest absolute Gasteiger partial charge is 0.352 e. The highest BCUT2D eigenvalue weighted by molar-refractivity contribution is 5.82. The lowest BCUT2D eigenvalue weighted by atomic mass is 9.92. The number of fused-ring (bicyclic) bond motifs is 1. The highest BCUT2D eigenvalue weighted by Crippen LogP contribution is 2.22. The molecule has 0 saturated heterocycles. The summed E-state index contributed by atoms with van der Waals surface area (Å²) in [7, 11) is 0. The smallest absolute Gasteiger partial charge is 0.314 e. The van der Waals surface area contributed by atoms with E-state index in [2.05, 4.69) is 15.3 Å². The van der Waals surface area contributed by atoms with Gasteiger partial charge in [0, 0.05) is 30.7 Å². The highest BCUT2D eigenvalue weighted by atomic mass is 16.6. The predicted molar refractivity (Wildman–Crippen MR) is 87.8 cm³/mol. The molecule has 1 heterocycles. The Morgan fingerprint density at radius 3 is 2.42 bits per heavy atom. The molecular formula is C15H18N4O5. The lowest BCUT2D eigenvalue weighted by Gasteiger charge is -2.17. The van der Waals surface area contributed by atoms with E-state index in [1.807, 2.05) is 20.8 Å². The number of nitro groups is 1. The van der Waals surface area contributed by atoms with Crippen LogP contribution in [0.2, 0.25) is 0 Å². The first-order valence-electron chi connectivity index (χ1n) is 7.27. The monoisotopic (exact) mass is 334 g/mol. The Bertz CT molecular complexity index is 920. The van der Waals surface area contributed by atoms with Crippen molar-refractivity contribution in [1.82, 2.24) is 15.3 Å². The molecule has 0 saturated carbocycles. The van der Waals surface area contributed by atoms with Gasteiger partial charge in [0.25, 0.3) is 5.69 Å². The number of hydrogen-bond acceptors (Lipinski definition) is 5. The third-order valence-electron chi connectivity index (χ3n) is 3.28. The highest BCUT2D eigenvalue weighted by Gasteiger charge is 2.17. The molecule has 0 aliphatic heterocycles. The lowest BCUT2D eigenvalue weighted by molar-refractivity contribution is -0.384. The summed E-state index contributed by atoms with van der Waals surface area (Å²) in [6, 6.07) is 2.42. The quantitative estimate of drug-likeness (QED) is 0.438. The van der Waals surface area contributed by atoms with Crippen molar-refractivity contribution in [1.29, 1.82) is 0 Å². The number of H-pyrrole nitrogens is 2. The second-order valence-corrected chi connectivity index (χ2v) is 6.71. The molecule has 1 aromatic heterocycles. The van der Waals surface area contributed by atoms with Crippen LogP contribution in [0.4, 0.5) is 5.69 Å². The molecule has 0 unspecified atom stereocenters. The van der Waals surface area contributed by atoms with Crippen LogP contribution in [-0.2, 0) is 11.3 Å². The average Bonchev–Trinajstić information content (AvgIpc) is 2.44. The summed E-state index contributed by atoms with van der Waals surface area (Å²) in [5, 5.41) is 13.7. The van der Waals surface area contributed by atoms with Crippen molar-refractivity contribution < 1.29 is 9.72 Å². The molecule has 1 aromatic carbocycles. The number of nitrogens with one attached hydrogen (secondary N) is 3. The minimum atomic E-state index is -0.897. The number of carbonyl (C=O) groups excluding carboxylic acids is 1. The zero-order valence-corrected chi connectivity index (χ0v) is 13.6. The number of rotatable bonds is 4. The van der Waals surface area contributed by atoms with Gasteiger partial charge in [-0.25, -0.2) is 0 Å². The van der Waals surface area contributed by atoms with E-state index >= 15 is 0 Å². The van der Waals surface area contributed by atoms with Crippen LogP contribution in [0, 0.1) is 15.5 Å². The van der Waals surface area contributed by atoms with E-state index in [4.69, 9.17) is 0 Å². The number of nitrogens with zero attached hydrogens (tertiary/aromatic N) is 1. The van der Waals surface area contributed by atoms with Crippen LogP contribution in [0.5, 0.6) is 0 Å². The Kier molecular flexibility index (Phi) is 4.54. The van der Waals surface area contributed by atoms with Crippen molar-refractivity contribution in [2.75, 3.05) is 0 Å². The maximum absolute atomic E-state index is 11.9.